The van der Waals surface area contributed by atoms with Crippen molar-refractivity contribution >= 4 is 20.3 Å². The number of rotatable bonds is 15. The van der Waals surface area contributed by atoms with Gasteiger partial charge < -0.3 is 34.0 Å². The van der Waals surface area contributed by atoms with Crippen LogP contribution in [-0.4, -0.2) is 94.4 Å². The lowest BCUT2D eigenvalue weighted by molar-refractivity contribution is -0.175. The first-order chi connectivity index (χ1) is 22.9. The van der Waals surface area contributed by atoms with Gasteiger partial charge in [0.15, 0.2) is 6.23 Å². The normalized spacial score (nSPS) is 23.0. The molecular formula is C31H44F3N6O8P. The maximum atomic E-state index is 13.0. The van der Waals surface area contributed by atoms with Gasteiger partial charge in [0, 0.05) is 18.3 Å². The van der Waals surface area contributed by atoms with Gasteiger partial charge in [-0.15, -0.1) is 0 Å². The molecule has 2 unspecified atom stereocenters. The van der Waals surface area contributed by atoms with E-state index in [2.05, 4.69) is 31.7 Å². The average Bonchev–Trinajstić information content (AvgIpc) is 3.50. The summed E-state index contributed by atoms with van der Waals surface area (Å²) in [4.78, 5) is 55.3. The van der Waals surface area contributed by atoms with Gasteiger partial charge in [0.05, 0.1) is 13.2 Å². The number of alkyl halides is 3. The van der Waals surface area contributed by atoms with E-state index in [1.54, 1.807) is 19.2 Å². The number of halogens is 3. The van der Waals surface area contributed by atoms with Crippen LogP contribution in [0.5, 0.6) is 0 Å². The third-order valence-electron chi connectivity index (χ3n) is 7.83. The van der Waals surface area contributed by atoms with Crippen molar-refractivity contribution in [3.63, 3.8) is 0 Å². The smallest absolute Gasteiger partial charge is 0.368 e. The van der Waals surface area contributed by atoms with Gasteiger partial charge in [-0.05, 0) is 46.5 Å². The molecule has 1 aromatic heterocycles. The topological polar surface area (TPSA) is 158 Å². The molecule has 2 amide bonds. The number of fused-ring (bicyclic) bond motifs is 2. The number of H-pyrrole nitrogens is 1. The van der Waals surface area contributed by atoms with Gasteiger partial charge in [-0.2, -0.15) is 13.2 Å². The van der Waals surface area contributed by atoms with Crippen LogP contribution in [0.4, 0.5) is 13.2 Å². The Labute approximate surface area is 284 Å². The molecule has 3 heterocycles. The highest BCUT2D eigenvalue weighted by Crippen LogP contribution is 2.55. The zero-order chi connectivity index (χ0) is 36.7. The molecule has 3 N–H and O–H groups in total. The first kappa shape index (κ1) is 40.1. The zero-order valence-electron chi connectivity index (χ0n) is 28.6. The van der Waals surface area contributed by atoms with Gasteiger partial charge in [0.1, 0.15) is 36.0 Å². The molecule has 2 saturated heterocycles. The fourth-order valence-corrected chi connectivity index (χ4v) is 7.39. The summed E-state index contributed by atoms with van der Waals surface area (Å²) in [6.45, 7) is 20.6. The first-order valence-corrected chi connectivity index (χ1v) is 17.1. The summed E-state index contributed by atoms with van der Waals surface area (Å²) in [5.41, 5.74) is -2.69. The highest BCUT2D eigenvalue weighted by molar-refractivity contribution is 7.44. The summed E-state index contributed by atoms with van der Waals surface area (Å²) in [5, 5.41) is 4.04. The molecule has 1 aromatic rings. The third kappa shape index (κ3) is 9.90. The molecule has 3 rings (SSSR count). The maximum Gasteiger partial charge on any atom is 0.471 e. The number of aromatic nitrogens is 2. The van der Waals surface area contributed by atoms with E-state index in [9.17, 15) is 32.3 Å². The number of hydrogen-bond acceptors (Lipinski definition) is 9. The Hall–Kier alpha value is -3.31. The van der Waals surface area contributed by atoms with Crippen LogP contribution in [0.1, 0.15) is 73.1 Å². The van der Waals surface area contributed by atoms with Crippen molar-refractivity contribution in [2.75, 3.05) is 26.3 Å². The van der Waals surface area contributed by atoms with Gasteiger partial charge >= 0.3 is 17.8 Å². The lowest BCUT2D eigenvalue weighted by Crippen LogP contribution is -2.51. The van der Waals surface area contributed by atoms with E-state index < -0.39 is 67.8 Å². The second-order valence-electron chi connectivity index (χ2n) is 12.6. The lowest BCUT2D eigenvalue weighted by Gasteiger charge is -2.38. The van der Waals surface area contributed by atoms with Crippen molar-refractivity contribution in [2.24, 2.45) is 5.92 Å². The molecule has 6 atom stereocenters. The van der Waals surface area contributed by atoms with Crippen molar-refractivity contribution in [3.05, 3.63) is 44.0 Å². The predicted molar refractivity (Wildman–Crippen MR) is 173 cm³/mol. The van der Waals surface area contributed by atoms with Crippen LogP contribution in [0, 0.1) is 24.3 Å². The second-order valence-corrected chi connectivity index (χ2v) is 14.0. The summed E-state index contributed by atoms with van der Waals surface area (Å²) in [5.74, 6) is 1.80. The van der Waals surface area contributed by atoms with Gasteiger partial charge in [0.25, 0.3) is 14.1 Å². The van der Waals surface area contributed by atoms with Gasteiger partial charge in [0.2, 0.25) is 12.5 Å². The molecule has 0 radical (unpaired) electrons. The van der Waals surface area contributed by atoms with Crippen molar-refractivity contribution < 1.29 is 41.3 Å². The molecule has 0 saturated carbocycles. The summed E-state index contributed by atoms with van der Waals surface area (Å²) >= 11 is 0. The summed E-state index contributed by atoms with van der Waals surface area (Å²) in [7, 11) is -1.67. The number of hydrogen-bond donors (Lipinski definition) is 3. The third-order valence-corrected chi connectivity index (χ3v) is 9.94. The molecule has 49 heavy (non-hydrogen) atoms. The maximum absolute atomic E-state index is 13.0. The zero-order valence-corrected chi connectivity index (χ0v) is 29.4. The molecule has 272 valence electrons. The van der Waals surface area contributed by atoms with Crippen LogP contribution in [0.3, 0.4) is 0 Å². The Balaban J connectivity index is 1.83. The van der Waals surface area contributed by atoms with Crippen LogP contribution < -0.4 is 21.9 Å². The van der Waals surface area contributed by atoms with Crippen molar-refractivity contribution in [1.82, 2.24) is 24.9 Å². The second kappa shape index (κ2) is 17.1. The van der Waals surface area contributed by atoms with E-state index in [0.29, 0.717) is 6.42 Å². The van der Waals surface area contributed by atoms with E-state index in [-0.39, 0.29) is 56.3 Å². The number of nitrogens with one attached hydrogen (secondary N) is 3. The molecule has 2 aliphatic rings. The Bertz CT molecular complexity index is 1540. The van der Waals surface area contributed by atoms with Crippen molar-refractivity contribution in [3.8, 4) is 11.8 Å². The minimum Gasteiger partial charge on any atom is -0.368 e. The monoisotopic (exact) mass is 716 g/mol. The quantitative estimate of drug-likeness (QED) is 0.108. The van der Waals surface area contributed by atoms with Crippen LogP contribution >= 0.6 is 8.53 Å². The average molecular weight is 717 g/mol. The molecule has 2 bridgehead atoms. The van der Waals surface area contributed by atoms with Crippen molar-refractivity contribution in [2.45, 2.75) is 110 Å². The molecule has 14 nitrogen and oxygen atoms in total. The lowest BCUT2D eigenvalue weighted by atomic mass is 9.96. The highest BCUT2D eigenvalue weighted by Gasteiger charge is 2.63. The Morgan fingerprint density at radius 3 is 2.49 bits per heavy atom. The number of carbonyl (C=O) groups is 2. The van der Waals surface area contributed by atoms with Crippen LogP contribution in [0.15, 0.2) is 15.8 Å². The number of amides is 2. The summed E-state index contributed by atoms with van der Waals surface area (Å²) < 4.78 is 66.8. The van der Waals surface area contributed by atoms with E-state index in [4.69, 9.17) is 25.1 Å². The molecule has 18 heteroatoms. The van der Waals surface area contributed by atoms with Crippen molar-refractivity contribution in [1.29, 1.82) is 0 Å². The van der Waals surface area contributed by atoms with Gasteiger partial charge in [-0.25, -0.2) is 16.0 Å². The van der Waals surface area contributed by atoms with E-state index in [1.165, 1.54) is 6.20 Å². The largest absolute Gasteiger partial charge is 0.471 e. The molecule has 2 aliphatic heterocycles. The molecular weight excluding hydrogens is 672 g/mol. The van der Waals surface area contributed by atoms with Crippen LogP contribution in [-0.2, 0) is 28.1 Å². The van der Waals surface area contributed by atoms with Crippen LogP contribution in [0.25, 0.3) is 4.85 Å². The minimum absolute atomic E-state index is 0.0424. The van der Waals surface area contributed by atoms with Gasteiger partial charge in [-0.1, -0.05) is 32.6 Å². The molecule has 0 aliphatic carbocycles. The predicted octanol–water partition coefficient (Wildman–Crippen LogP) is 2.84. The molecule has 0 spiro atoms. The highest BCUT2D eigenvalue weighted by atomic mass is 31.2. The summed E-state index contributed by atoms with van der Waals surface area (Å²) in [6.07, 6.45) is -5.99. The Morgan fingerprint density at radius 2 is 1.92 bits per heavy atom. The SMILES string of the molecule is [C-]#[N+]CCOP(OC1[C@@H]2OC[C@]1(CC)O[C@H]2n1cc(C#CCNC(=O)[C@H](CC(C)C)NC(=O)C(F)(F)F)c(=O)[nH]c1=O)N(C(C)C)C(C)C. The number of ether oxygens (including phenoxy) is 2. The molecule has 0 aromatic carbocycles. The number of aromatic amines is 1. The first-order valence-electron chi connectivity index (χ1n) is 16.0. The molecule has 2 fully saturated rings. The van der Waals surface area contributed by atoms with Crippen LogP contribution in [0.2, 0.25) is 0 Å². The standard InChI is InChI=1S/C31H44F3N6O8P/c1-9-30-17-45-23(24(30)48-49(46-14-13-35-8)40(19(4)5)20(6)7)27(47-30)39-16-21(25(41)38-29(39)44)11-10-12-36-26(42)22(15-18(2)3)37-28(43)31(32,33)34/h16,18-20,22-24,27H,9,12-15,17H2,1-7H3,(H,36,42)(H,37,43)(H,38,41,44)/t22-,23-,24?,27+,30-,49?/m0/s1. The van der Waals surface area contributed by atoms with Gasteiger partial charge in [-0.3, -0.25) is 23.9 Å². The van der Waals surface area contributed by atoms with E-state index >= 15 is 0 Å². The van der Waals surface area contributed by atoms with E-state index in [0.717, 1.165) is 4.57 Å². The Kier molecular flexibility index (Phi) is 14.0. The van der Waals surface area contributed by atoms with E-state index in [1.807, 2.05) is 34.6 Å². The fourth-order valence-electron chi connectivity index (χ4n) is 5.59. The number of carbonyl (C=O) groups excluding carboxylic acids is 2. The minimum atomic E-state index is -5.16. The number of nitrogens with zero attached hydrogens (tertiary/aromatic N) is 3. The summed E-state index contributed by atoms with van der Waals surface area (Å²) in [6, 6.07) is -1.37. The Morgan fingerprint density at radius 1 is 1.24 bits per heavy atom. The fraction of sp³-hybridized carbons (Fsp3) is 0.710.